The predicted octanol–water partition coefficient (Wildman–Crippen LogP) is 4.39. The first-order valence-corrected chi connectivity index (χ1v) is 6.75. The summed E-state index contributed by atoms with van der Waals surface area (Å²) in [5, 5.41) is 1.19. The second-order valence-corrected chi connectivity index (χ2v) is 5.34. The van der Waals surface area contributed by atoms with E-state index in [9.17, 15) is 4.79 Å². The van der Waals surface area contributed by atoms with Crippen LogP contribution in [0.25, 0.3) is 20.5 Å². The van der Waals surface area contributed by atoms with Crippen LogP contribution in [0.3, 0.4) is 0 Å². The van der Waals surface area contributed by atoms with E-state index < -0.39 is 0 Å². The quantitative estimate of drug-likeness (QED) is 0.658. The molecule has 0 saturated carbocycles. The second kappa shape index (κ2) is 4.86. The highest BCUT2D eigenvalue weighted by Crippen LogP contribution is 2.35. The minimum atomic E-state index is 0.701. The first-order valence-electron chi connectivity index (χ1n) is 5.93. The minimum Gasteiger partial charge on any atom is -0.497 e. The Bertz CT molecular complexity index is 743. The van der Waals surface area contributed by atoms with E-state index in [1.165, 1.54) is 10.1 Å². The zero-order chi connectivity index (χ0) is 13.2. The maximum atomic E-state index is 10.8. The number of methoxy groups -OCH3 is 1. The number of fused-ring (bicyclic) bond motifs is 1. The van der Waals surface area contributed by atoms with Crippen molar-refractivity contribution in [3.05, 3.63) is 54.1 Å². The number of thiophene rings is 1. The van der Waals surface area contributed by atoms with Crippen molar-refractivity contribution in [3.8, 4) is 16.2 Å². The molecule has 0 N–H and O–H groups in total. The third-order valence-electron chi connectivity index (χ3n) is 3.03. The molecule has 0 saturated heterocycles. The lowest BCUT2D eigenvalue weighted by atomic mass is 10.1. The molecule has 2 aromatic carbocycles. The minimum absolute atomic E-state index is 0.701. The molecule has 0 aliphatic rings. The summed E-state index contributed by atoms with van der Waals surface area (Å²) in [4.78, 5) is 12.0. The maximum absolute atomic E-state index is 10.8. The standard InChI is InChI=1S/C16H12O2S/c1-18-14-6-5-13-8-15(19-16(13)9-14)12-4-2-3-11(7-12)10-17/h2-10H,1H3. The molecule has 0 amide bonds. The van der Waals surface area contributed by atoms with Crippen molar-refractivity contribution in [2.75, 3.05) is 7.11 Å². The number of rotatable bonds is 3. The summed E-state index contributed by atoms with van der Waals surface area (Å²) in [5.41, 5.74) is 1.78. The van der Waals surface area contributed by atoms with Crippen LogP contribution >= 0.6 is 11.3 Å². The van der Waals surface area contributed by atoms with Gasteiger partial charge in [0.2, 0.25) is 0 Å². The van der Waals surface area contributed by atoms with E-state index in [1.807, 2.05) is 36.4 Å². The molecule has 0 aliphatic heterocycles. The summed E-state index contributed by atoms with van der Waals surface area (Å²) in [6, 6.07) is 15.8. The maximum Gasteiger partial charge on any atom is 0.150 e. The average Bonchev–Trinajstić information content (AvgIpc) is 2.90. The van der Waals surface area contributed by atoms with Gasteiger partial charge in [0.15, 0.2) is 0 Å². The Morgan fingerprint density at radius 3 is 2.79 bits per heavy atom. The smallest absolute Gasteiger partial charge is 0.150 e. The Hall–Kier alpha value is -2.13. The number of hydrogen-bond donors (Lipinski definition) is 0. The topological polar surface area (TPSA) is 26.3 Å². The highest BCUT2D eigenvalue weighted by Gasteiger charge is 2.06. The highest BCUT2D eigenvalue weighted by atomic mass is 32.1. The van der Waals surface area contributed by atoms with Crippen molar-refractivity contribution in [1.29, 1.82) is 0 Å². The molecule has 0 bridgehead atoms. The van der Waals surface area contributed by atoms with Gasteiger partial charge in [0.05, 0.1) is 7.11 Å². The van der Waals surface area contributed by atoms with Crippen molar-refractivity contribution in [3.63, 3.8) is 0 Å². The van der Waals surface area contributed by atoms with E-state index in [1.54, 1.807) is 18.4 Å². The SMILES string of the molecule is COc1ccc2cc(-c3cccc(C=O)c3)sc2c1. The van der Waals surface area contributed by atoms with Gasteiger partial charge in [-0.1, -0.05) is 18.2 Å². The zero-order valence-corrected chi connectivity index (χ0v) is 11.2. The van der Waals surface area contributed by atoms with E-state index in [2.05, 4.69) is 12.1 Å². The van der Waals surface area contributed by atoms with Gasteiger partial charge in [-0.15, -0.1) is 11.3 Å². The molecule has 3 heteroatoms. The number of aldehydes is 1. The summed E-state index contributed by atoms with van der Waals surface area (Å²) < 4.78 is 6.42. The molecule has 1 aromatic heterocycles. The fourth-order valence-electron chi connectivity index (χ4n) is 2.05. The lowest BCUT2D eigenvalue weighted by Crippen LogP contribution is -1.79. The molecule has 0 aliphatic carbocycles. The molecular formula is C16H12O2S. The Balaban J connectivity index is 2.11. The molecule has 3 aromatic rings. The summed E-state index contributed by atoms with van der Waals surface area (Å²) in [7, 11) is 1.67. The van der Waals surface area contributed by atoms with E-state index in [0.29, 0.717) is 5.56 Å². The lowest BCUT2D eigenvalue weighted by molar-refractivity contribution is 0.112. The molecule has 19 heavy (non-hydrogen) atoms. The van der Waals surface area contributed by atoms with Crippen molar-refractivity contribution in [2.24, 2.45) is 0 Å². The zero-order valence-electron chi connectivity index (χ0n) is 10.4. The fourth-order valence-corrected chi connectivity index (χ4v) is 3.13. The van der Waals surface area contributed by atoms with Gasteiger partial charge in [-0.05, 0) is 41.3 Å². The molecule has 0 spiro atoms. The Kier molecular flexibility index (Phi) is 3.05. The Labute approximate surface area is 115 Å². The van der Waals surface area contributed by atoms with Crippen molar-refractivity contribution >= 4 is 27.7 Å². The molecule has 0 atom stereocenters. The van der Waals surface area contributed by atoms with Crippen molar-refractivity contribution in [1.82, 2.24) is 0 Å². The second-order valence-electron chi connectivity index (χ2n) is 4.26. The highest BCUT2D eigenvalue weighted by molar-refractivity contribution is 7.22. The fraction of sp³-hybridized carbons (Fsp3) is 0.0625. The van der Waals surface area contributed by atoms with E-state index >= 15 is 0 Å². The first kappa shape index (κ1) is 11.9. The van der Waals surface area contributed by atoms with Crippen LogP contribution in [0.5, 0.6) is 5.75 Å². The van der Waals surface area contributed by atoms with Gasteiger partial charge < -0.3 is 4.74 Å². The van der Waals surface area contributed by atoms with Gasteiger partial charge in [0, 0.05) is 15.1 Å². The van der Waals surface area contributed by atoms with Crippen LogP contribution in [-0.4, -0.2) is 13.4 Å². The van der Waals surface area contributed by atoms with Gasteiger partial charge in [-0.2, -0.15) is 0 Å². The summed E-state index contributed by atoms with van der Waals surface area (Å²) in [6.45, 7) is 0. The van der Waals surface area contributed by atoms with Crippen LogP contribution in [0.1, 0.15) is 10.4 Å². The van der Waals surface area contributed by atoms with Crippen LogP contribution in [0.4, 0.5) is 0 Å². The molecule has 2 nitrogen and oxygen atoms in total. The van der Waals surface area contributed by atoms with Crippen LogP contribution in [0, 0.1) is 0 Å². The molecular weight excluding hydrogens is 256 g/mol. The van der Waals surface area contributed by atoms with E-state index in [-0.39, 0.29) is 0 Å². The number of carbonyl (C=O) groups is 1. The molecule has 3 rings (SSSR count). The monoisotopic (exact) mass is 268 g/mol. The van der Waals surface area contributed by atoms with Gasteiger partial charge in [-0.3, -0.25) is 4.79 Å². The molecule has 1 heterocycles. The largest absolute Gasteiger partial charge is 0.497 e. The summed E-state index contributed by atoms with van der Waals surface area (Å²) >= 11 is 1.70. The lowest BCUT2D eigenvalue weighted by Gasteiger charge is -1.97. The third-order valence-corrected chi connectivity index (χ3v) is 4.18. The Morgan fingerprint density at radius 1 is 1.11 bits per heavy atom. The van der Waals surface area contributed by atoms with E-state index in [0.717, 1.165) is 22.5 Å². The number of carbonyl (C=O) groups excluding carboxylic acids is 1. The van der Waals surface area contributed by atoms with Crippen molar-refractivity contribution in [2.45, 2.75) is 0 Å². The van der Waals surface area contributed by atoms with Crippen LogP contribution in [0.15, 0.2) is 48.5 Å². The van der Waals surface area contributed by atoms with Crippen LogP contribution < -0.4 is 4.74 Å². The molecule has 0 radical (unpaired) electrons. The first-order chi connectivity index (χ1) is 9.30. The third kappa shape index (κ3) is 2.25. The van der Waals surface area contributed by atoms with Gasteiger partial charge in [0.1, 0.15) is 12.0 Å². The normalized spacial score (nSPS) is 10.6. The summed E-state index contributed by atoms with van der Waals surface area (Å²) in [6.07, 6.45) is 0.875. The molecule has 94 valence electrons. The molecule has 0 fully saturated rings. The average molecular weight is 268 g/mol. The van der Waals surface area contributed by atoms with Crippen LogP contribution in [0.2, 0.25) is 0 Å². The molecule has 0 unspecified atom stereocenters. The number of ether oxygens (including phenoxy) is 1. The number of hydrogen-bond acceptors (Lipinski definition) is 3. The number of benzene rings is 2. The van der Waals surface area contributed by atoms with Gasteiger partial charge in [0.25, 0.3) is 0 Å². The van der Waals surface area contributed by atoms with E-state index in [4.69, 9.17) is 4.74 Å². The van der Waals surface area contributed by atoms with Crippen molar-refractivity contribution < 1.29 is 9.53 Å². The summed E-state index contributed by atoms with van der Waals surface area (Å²) in [5.74, 6) is 0.863. The predicted molar refractivity (Wildman–Crippen MR) is 79.2 cm³/mol. The van der Waals surface area contributed by atoms with Crippen LogP contribution in [-0.2, 0) is 0 Å². The Morgan fingerprint density at radius 2 is 2.00 bits per heavy atom. The van der Waals surface area contributed by atoms with Gasteiger partial charge in [-0.25, -0.2) is 0 Å². The van der Waals surface area contributed by atoms with Gasteiger partial charge >= 0.3 is 0 Å².